The minimum absolute atomic E-state index is 0. The largest absolute Gasteiger partial charge is 2.00 e. The molecule has 0 heterocycles. The second kappa shape index (κ2) is 21.3. The summed E-state index contributed by atoms with van der Waals surface area (Å²) in [5.74, 6) is 0.879. The molecule has 372 valence electrons. The van der Waals surface area contributed by atoms with Gasteiger partial charge in [-0.05, 0) is 164 Å². The van der Waals surface area contributed by atoms with Crippen molar-refractivity contribution < 1.29 is 24.5 Å². The monoisotopic (exact) mass is 1160 g/mol. The van der Waals surface area contributed by atoms with Crippen LogP contribution >= 0.6 is 0 Å². The molecule has 0 radical (unpaired) electrons. The zero-order valence-electron chi connectivity index (χ0n) is 43.8. The molecule has 13 aromatic carbocycles. The second-order valence-corrected chi connectivity index (χ2v) is 20.0. The Bertz CT molecular complexity index is 4000. The van der Waals surface area contributed by atoms with Gasteiger partial charge >= 0.3 is 19.8 Å². The van der Waals surface area contributed by atoms with Crippen LogP contribution in [0.4, 0.5) is 34.1 Å². The predicted molar refractivity (Wildman–Crippen MR) is 323 cm³/mol. The maximum absolute atomic E-state index is 6.27. The Morgan fingerprint density at radius 3 is 1.18 bits per heavy atom. The second-order valence-electron chi connectivity index (χ2n) is 20.0. The first-order valence-corrected chi connectivity index (χ1v) is 26.6. The maximum atomic E-state index is 6.27. The molecule has 0 fully saturated rings. The summed E-state index contributed by atoms with van der Waals surface area (Å²) in [6.45, 7) is 14.3. The Morgan fingerprint density at radius 1 is 0.421 bits per heavy atom. The smallest absolute Gasteiger partial charge is 0.491 e. The summed E-state index contributed by atoms with van der Waals surface area (Å²) < 4.78 is 6.27. The molecule has 0 spiro atoms. The van der Waals surface area contributed by atoms with E-state index in [0.717, 1.165) is 52.7 Å². The van der Waals surface area contributed by atoms with Crippen molar-refractivity contribution in [2.45, 2.75) is 60.0 Å². The van der Waals surface area contributed by atoms with E-state index in [0.29, 0.717) is 0 Å². The molecule has 0 saturated heterocycles. The van der Waals surface area contributed by atoms with Crippen LogP contribution in [0.5, 0.6) is 5.75 Å². The Kier molecular flexibility index (Phi) is 14.1. The van der Waals surface area contributed by atoms with Crippen molar-refractivity contribution in [2.24, 2.45) is 0 Å². The summed E-state index contributed by atoms with van der Waals surface area (Å²) >= 11 is 0. The van der Waals surface area contributed by atoms with E-state index < -0.39 is 0 Å². The third-order valence-electron chi connectivity index (χ3n) is 15.1. The number of unbranched alkanes of at least 4 members (excludes halogenated alkanes) is 1. The van der Waals surface area contributed by atoms with E-state index in [1.807, 2.05) is 12.1 Å². The molecule has 4 heteroatoms. The van der Waals surface area contributed by atoms with Gasteiger partial charge in [0.25, 0.3) is 0 Å². The van der Waals surface area contributed by atoms with Crippen LogP contribution in [0.3, 0.4) is 0 Å². The zero-order valence-corrected chi connectivity index (χ0v) is 46.4. The van der Waals surface area contributed by atoms with E-state index in [4.69, 9.17) is 4.74 Å². The Labute approximate surface area is 460 Å². The molecule has 3 nitrogen and oxygen atoms in total. The third-order valence-corrected chi connectivity index (χ3v) is 15.1. The van der Waals surface area contributed by atoms with E-state index >= 15 is 0 Å². The molecular weight excluding hydrogens is 1100 g/mol. The minimum Gasteiger partial charge on any atom is -0.491 e. The van der Waals surface area contributed by atoms with Gasteiger partial charge in [0.15, 0.2) is 0 Å². The predicted octanol–water partition coefficient (Wildman–Crippen LogP) is 21.0. The van der Waals surface area contributed by atoms with Gasteiger partial charge in [0.05, 0.1) is 17.5 Å². The molecular formula is C72H60N2OOs. The van der Waals surface area contributed by atoms with Gasteiger partial charge in [-0.3, -0.25) is 0 Å². The summed E-state index contributed by atoms with van der Waals surface area (Å²) in [6.07, 6.45) is 3.37. The van der Waals surface area contributed by atoms with Crippen molar-refractivity contribution in [2.75, 3.05) is 9.80 Å². The molecule has 0 amide bonds. The Hall–Kier alpha value is -8.02. The quantitative estimate of drug-likeness (QED) is 0.113. The van der Waals surface area contributed by atoms with E-state index in [1.54, 1.807) is 0 Å². The van der Waals surface area contributed by atoms with Gasteiger partial charge in [-0.2, -0.15) is 24.6 Å². The van der Waals surface area contributed by atoms with Gasteiger partial charge in [-0.25, -0.2) is 0 Å². The number of anilines is 6. The first-order valence-electron chi connectivity index (χ1n) is 26.6. The first-order chi connectivity index (χ1) is 36.9. The van der Waals surface area contributed by atoms with E-state index in [9.17, 15) is 0 Å². The third kappa shape index (κ3) is 8.70. The van der Waals surface area contributed by atoms with Crippen LogP contribution in [0.25, 0.3) is 86.9 Å². The first kappa shape index (κ1) is 50.2. The summed E-state index contributed by atoms with van der Waals surface area (Å²) in [5, 5.41) is 15.1. The molecule has 0 aliphatic carbocycles. The van der Waals surface area contributed by atoms with Crippen molar-refractivity contribution in [1.29, 1.82) is 0 Å². The van der Waals surface area contributed by atoms with E-state index in [2.05, 4.69) is 264 Å². The maximum Gasteiger partial charge on any atom is 2.00 e. The molecule has 76 heavy (non-hydrogen) atoms. The van der Waals surface area contributed by atoms with Crippen LogP contribution in [0, 0.1) is 26.8 Å². The fraction of sp³-hybridized carbons (Fsp3) is 0.125. The van der Waals surface area contributed by atoms with Crippen LogP contribution in [-0.2, 0) is 19.8 Å². The molecule has 0 aliphatic rings. The van der Waals surface area contributed by atoms with Gasteiger partial charge < -0.3 is 21.5 Å². The Balaban J connectivity index is 0.00000119. The van der Waals surface area contributed by atoms with Gasteiger partial charge in [0.1, 0.15) is 5.75 Å². The molecule has 0 N–H and O–H groups in total. The summed E-state index contributed by atoms with van der Waals surface area (Å²) in [6, 6.07) is 83.7. The van der Waals surface area contributed by atoms with Crippen molar-refractivity contribution in [3.05, 3.63) is 243 Å². The van der Waals surface area contributed by atoms with E-state index in [1.165, 1.54) is 104 Å². The number of nitrogens with zero attached hydrogens (tertiary/aromatic N) is 2. The van der Waals surface area contributed by atoms with Crippen LogP contribution in [-0.4, -0.2) is 6.10 Å². The summed E-state index contributed by atoms with van der Waals surface area (Å²) in [4.78, 5) is 4.82. The number of hydrogen-bond acceptors (Lipinski definition) is 3. The van der Waals surface area contributed by atoms with Crippen LogP contribution < -0.4 is 14.5 Å². The molecule has 0 bridgehead atoms. The number of fused-ring (bicyclic) bond motifs is 6. The molecule has 13 rings (SSSR count). The van der Waals surface area contributed by atoms with Crippen molar-refractivity contribution in [1.82, 2.24) is 0 Å². The van der Waals surface area contributed by atoms with Gasteiger partial charge in [-0.15, -0.1) is 12.1 Å². The fourth-order valence-corrected chi connectivity index (χ4v) is 11.4. The molecule has 0 aliphatic heterocycles. The number of benzene rings is 11. The fourth-order valence-electron chi connectivity index (χ4n) is 11.4. The molecule has 1 atom stereocenters. The minimum atomic E-state index is 0. The Morgan fingerprint density at radius 2 is 0.789 bits per heavy atom. The van der Waals surface area contributed by atoms with Crippen LogP contribution in [0.2, 0.25) is 0 Å². The average Bonchev–Trinajstić information content (AvgIpc) is 4.08. The van der Waals surface area contributed by atoms with Gasteiger partial charge in [0.2, 0.25) is 0 Å². The van der Waals surface area contributed by atoms with Crippen molar-refractivity contribution >= 4 is 98.8 Å². The standard InChI is InChI=1S/C68H51N2O.C4H9.Os/c1-5-45(4)71-52-37-35-51(36-38-52)70(50-33-29-44(3)30-34-50)60-42-40-58-64-54(60)24-16-26-56(64)66-62(47-19-11-7-12-20-47)67-57-39-41-59(69(48-21-13-8-14-22-48)49-31-27-43(2)28-32-49)53-23-15-25-55(63(53)57)65(67)61(68(58)66)46-17-9-6-10-18-46;1-3-4-2;/h6-7,9-42,45H,5H2,1-4H3;1,3-4H2,2H3;/q2*-1;+2. The van der Waals surface area contributed by atoms with Crippen LogP contribution in [0.1, 0.15) is 51.2 Å². The summed E-state index contributed by atoms with van der Waals surface area (Å²) in [5.41, 5.74) is 14.1. The average molecular weight is 1160 g/mol. The van der Waals surface area contributed by atoms with E-state index in [-0.39, 0.29) is 25.9 Å². The number of rotatable bonds is 12. The molecule has 0 saturated carbocycles. The van der Waals surface area contributed by atoms with Crippen LogP contribution in [0.15, 0.2) is 218 Å². The zero-order chi connectivity index (χ0) is 51.2. The normalized spacial score (nSPS) is 11.8. The molecule has 1 unspecified atom stereocenters. The van der Waals surface area contributed by atoms with Crippen molar-refractivity contribution in [3.63, 3.8) is 0 Å². The SMILES string of the molecule is CCC(C)Oc1ccc(N(c2ccc(C)cc2)c2ccc3c4c(-c5ccccc5)c5c6cccc7c(N(c8cc[c-]cc8)c8ccc(C)cc8)ccc(c5c(-c5ccccc5)c4c4cccc2c43)c76)cc1.[CH2-]CCC.[Os+2]. The number of hydrogen-bond donors (Lipinski definition) is 0. The van der Waals surface area contributed by atoms with Gasteiger partial charge in [-0.1, -0.05) is 171 Å². The number of ether oxygens (including phenoxy) is 1. The van der Waals surface area contributed by atoms with Gasteiger partial charge in [0, 0.05) is 27.8 Å². The summed E-state index contributed by atoms with van der Waals surface area (Å²) in [7, 11) is 0. The molecule has 0 aromatic heterocycles. The number of aryl methyl sites for hydroxylation is 2. The van der Waals surface area contributed by atoms with Crippen molar-refractivity contribution in [3.8, 4) is 28.0 Å². The molecule has 13 aromatic rings. The topological polar surface area (TPSA) is 15.7 Å².